The lowest BCUT2D eigenvalue weighted by Gasteiger charge is -2.25. The monoisotopic (exact) mass is 257 g/mol. The minimum atomic E-state index is -4.25. The number of rotatable bonds is 4. The molecule has 1 aliphatic rings. The number of para-hydroxylation sites is 1. The number of hydrogen-bond acceptors (Lipinski definition) is 2. The van der Waals surface area contributed by atoms with E-state index in [0.717, 1.165) is 11.2 Å². The normalized spacial score (nSPS) is 17.3. The van der Waals surface area contributed by atoms with Crippen LogP contribution in [0.25, 0.3) is 0 Å². The minimum absolute atomic E-state index is 0.486. The second-order valence-electron chi connectivity index (χ2n) is 4.76. The van der Waals surface area contributed by atoms with Crippen LogP contribution >= 0.6 is 0 Å². The fourth-order valence-electron chi connectivity index (χ4n) is 2.17. The van der Waals surface area contributed by atoms with Gasteiger partial charge in [-0.25, -0.2) is 0 Å². The van der Waals surface area contributed by atoms with Crippen LogP contribution < -0.4 is 4.90 Å². The average Bonchev–Trinajstić information content (AvgIpc) is 3.07. The van der Waals surface area contributed by atoms with Crippen molar-refractivity contribution < 1.29 is 18.0 Å². The summed E-state index contributed by atoms with van der Waals surface area (Å²) in [5.41, 5.74) is 0.627. The summed E-state index contributed by atoms with van der Waals surface area (Å²) in [6.07, 6.45) is -1.96. The molecule has 0 saturated heterocycles. The van der Waals surface area contributed by atoms with Crippen molar-refractivity contribution in [1.29, 1.82) is 0 Å². The first-order valence-corrected chi connectivity index (χ1v) is 5.72. The van der Waals surface area contributed by atoms with E-state index >= 15 is 0 Å². The van der Waals surface area contributed by atoms with Crippen molar-refractivity contribution >= 4 is 12.0 Å². The highest BCUT2D eigenvalue weighted by atomic mass is 19.4. The number of carbonyl (C=O) groups excluding carboxylic acids is 1. The zero-order valence-corrected chi connectivity index (χ0v) is 10.00. The molecule has 0 N–H and O–H groups in total. The molecule has 1 aliphatic carbocycles. The fourth-order valence-corrected chi connectivity index (χ4v) is 2.17. The summed E-state index contributed by atoms with van der Waals surface area (Å²) >= 11 is 0. The molecule has 0 atom stereocenters. The number of carbonyl (C=O) groups is 1. The van der Waals surface area contributed by atoms with Crippen molar-refractivity contribution in [2.75, 3.05) is 18.5 Å². The van der Waals surface area contributed by atoms with Crippen LogP contribution in [0.4, 0.5) is 18.9 Å². The summed E-state index contributed by atoms with van der Waals surface area (Å²) in [5.74, 6) is 0. The molecule has 2 rings (SSSR count). The minimum Gasteiger partial charge on any atom is -0.365 e. The molecule has 2 nitrogen and oxygen atoms in total. The van der Waals surface area contributed by atoms with Crippen LogP contribution in [0.1, 0.15) is 18.4 Å². The van der Waals surface area contributed by atoms with Crippen LogP contribution in [0, 0.1) is 0 Å². The molecular weight excluding hydrogens is 243 g/mol. The van der Waals surface area contributed by atoms with Crippen molar-refractivity contribution in [1.82, 2.24) is 0 Å². The Bertz CT molecular complexity index is 452. The molecule has 0 spiro atoms. The van der Waals surface area contributed by atoms with Crippen LogP contribution in [0.2, 0.25) is 0 Å². The molecule has 0 aliphatic heterocycles. The van der Waals surface area contributed by atoms with Gasteiger partial charge in [0.2, 0.25) is 0 Å². The molecule has 0 aromatic heterocycles. The number of hydrogen-bond donors (Lipinski definition) is 0. The molecule has 18 heavy (non-hydrogen) atoms. The summed E-state index contributed by atoms with van der Waals surface area (Å²) in [6.45, 7) is -1.01. The first kappa shape index (κ1) is 12.9. The standard InChI is InChI=1S/C13H14F3NO/c1-17(8-13(14,15)16)11-5-3-2-4-10(11)12(9-18)6-7-12/h2-5,9H,6-8H2,1H3. The van der Waals surface area contributed by atoms with E-state index in [1.54, 1.807) is 24.3 Å². The molecule has 5 heteroatoms. The second kappa shape index (κ2) is 4.30. The van der Waals surface area contributed by atoms with Gasteiger partial charge in [0, 0.05) is 12.7 Å². The van der Waals surface area contributed by atoms with Gasteiger partial charge in [-0.3, -0.25) is 0 Å². The third kappa shape index (κ3) is 2.49. The van der Waals surface area contributed by atoms with Gasteiger partial charge in [0.15, 0.2) is 0 Å². The van der Waals surface area contributed by atoms with Crippen LogP contribution in [0.15, 0.2) is 24.3 Å². The highest BCUT2D eigenvalue weighted by Gasteiger charge is 2.46. The smallest absolute Gasteiger partial charge is 0.365 e. The highest BCUT2D eigenvalue weighted by Crippen LogP contribution is 2.49. The Kier molecular flexibility index (Phi) is 3.09. The Morgan fingerprint density at radius 1 is 1.33 bits per heavy atom. The third-order valence-electron chi connectivity index (χ3n) is 3.28. The largest absolute Gasteiger partial charge is 0.405 e. The van der Waals surface area contributed by atoms with Crippen molar-refractivity contribution in [2.45, 2.75) is 24.4 Å². The van der Waals surface area contributed by atoms with Crippen molar-refractivity contribution in [3.05, 3.63) is 29.8 Å². The lowest BCUT2D eigenvalue weighted by atomic mass is 9.95. The van der Waals surface area contributed by atoms with Gasteiger partial charge in [-0.15, -0.1) is 0 Å². The maximum Gasteiger partial charge on any atom is 0.405 e. The quantitative estimate of drug-likeness (QED) is 0.773. The molecular formula is C13H14F3NO. The van der Waals surface area contributed by atoms with Gasteiger partial charge < -0.3 is 9.69 Å². The highest BCUT2D eigenvalue weighted by molar-refractivity contribution is 5.77. The van der Waals surface area contributed by atoms with Gasteiger partial charge in [-0.05, 0) is 24.5 Å². The van der Waals surface area contributed by atoms with E-state index in [-0.39, 0.29) is 0 Å². The number of benzene rings is 1. The van der Waals surface area contributed by atoms with Crippen LogP contribution in [-0.2, 0) is 10.2 Å². The molecule has 0 heterocycles. The zero-order chi connectivity index (χ0) is 13.4. The molecule has 1 saturated carbocycles. The number of anilines is 1. The van der Waals surface area contributed by atoms with Crippen LogP contribution in [-0.4, -0.2) is 26.1 Å². The third-order valence-corrected chi connectivity index (χ3v) is 3.28. The van der Waals surface area contributed by atoms with E-state index in [1.807, 2.05) is 0 Å². The van der Waals surface area contributed by atoms with Gasteiger partial charge in [0.25, 0.3) is 0 Å². The first-order chi connectivity index (χ1) is 8.38. The lowest BCUT2D eigenvalue weighted by molar-refractivity contribution is -0.119. The Hall–Kier alpha value is -1.52. The van der Waals surface area contributed by atoms with Gasteiger partial charge in [-0.2, -0.15) is 13.2 Å². The molecule has 0 unspecified atom stereocenters. The van der Waals surface area contributed by atoms with Gasteiger partial charge in [0.05, 0.1) is 5.41 Å². The van der Waals surface area contributed by atoms with E-state index in [9.17, 15) is 18.0 Å². The number of nitrogens with zero attached hydrogens (tertiary/aromatic N) is 1. The molecule has 1 aromatic carbocycles. The van der Waals surface area contributed by atoms with Gasteiger partial charge in [-0.1, -0.05) is 18.2 Å². The fraction of sp³-hybridized carbons (Fsp3) is 0.462. The molecule has 1 fully saturated rings. The Morgan fingerprint density at radius 3 is 2.44 bits per heavy atom. The van der Waals surface area contributed by atoms with Crippen molar-refractivity contribution in [2.24, 2.45) is 0 Å². The van der Waals surface area contributed by atoms with E-state index < -0.39 is 18.1 Å². The summed E-state index contributed by atoms with van der Waals surface area (Å²) in [4.78, 5) is 12.3. The van der Waals surface area contributed by atoms with E-state index in [4.69, 9.17) is 0 Å². The summed E-state index contributed by atoms with van der Waals surface area (Å²) in [7, 11) is 1.40. The van der Waals surface area contributed by atoms with E-state index in [0.29, 0.717) is 24.1 Å². The van der Waals surface area contributed by atoms with E-state index in [2.05, 4.69) is 0 Å². The predicted octanol–water partition coefficient (Wildman–Crippen LogP) is 2.92. The number of aldehydes is 1. The maximum atomic E-state index is 12.4. The van der Waals surface area contributed by atoms with Gasteiger partial charge in [0.1, 0.15) is 12.8 Å². The predicted molar refractivity (Wildman–Crippen MR) is 62.7 cm³/mol. The van der Waals surface area contributed by atoms with Crippen molar-refractivity contribution in [3.63, 3.8) is 0 Å². The summed E-state index contributed by atoms with van der Waals surface area (Å²) in [5, 5.41) is 0. The molecule has 98 valence electrons. The van der Waals surface area contributed by atoms with Crippen molar-refractivity contribution in [3.8, 4) is 0 Å². The summed E-state index contributed by atoms with van der Waals surface area (Å²) < 4.78 is 37.2. The topological polar surface area (TPSA) is 20.3 Å². The number of halogens is 3. The molecule has 0 bridgehead atoms. The zero-order valence-electron chi connectivity index (χ0n) is 10.00. The summed E-state index contributed by atoms with van der Waals surface area (Å²) in [6, 6.07) is 6.81. The van der Waals surface area contributed by atoms with Gasteiger partial charge >= 0.3 is 6.18 Å². The SMILES string of the molecule is CN(CC(F)(F)F)c1ccccc1C1(C=O)CC1. The lowest BCUT2D eigenvalue weighted by Crippen LogP contribution is -2.32. The maximum absolute atomic E-state index is 12.4. The Labute approximate surface area is 103 Å². The molecule has 0 radical (unpaired) electrons. The number of alkyl halides is 3. The Morgan fingerprint density at radius 2 is 1.94 bits per heavy atom. The second-order valence-corrected chi connectivity index (χ2v) is 4.76. The average molecular weight is 257 g/mol. The van der Waals surface area contributed by atoms with Crippen LogP contribution in [0.3, 0.4) is 0 Å². The van der Waals surface area contributed by atoms with E-state index in [1.165, 1.54) is 7.05 Å². The first-order valence-electron chi connectivity index (χ1n) is 5.72. The molecule has 0 amide bonds. The van der Waals surface area contributed by atoms with Crippen LogP contribution in [0.5, 0.6) is 0 Å². The Balaban J connectivity index is 2.31. The molecule has 1 aromatic rings.